The molecule has 0 N–H and O–H groups in total. The smallest absolute Gasteiger partial charge is 0.137 e. The van der Waals surface area contributed by atoms with Crippen LogP contribution in [-0.4, -0.2) is 9.38 Å². The average molecular weight is 307 g/mol. The Kier molecular flexibility index (Phi) is 3.12. The molecule has 0 aliphatic rings. The van der Waals surface area contributed by atoms with E-state index in [1.165, 1.54) is 10.8 Å². The molecule has 2 nitrogen and oxygen atoms in total. The van der Waals surface area contributed by atoms with E-state index < -0.39 is 0 Å². The lowest BCUT2D eigenvalue weighted by Gasteiger charge is -2.08. The maximum absolute atomic E-state index is 6.44. The lowest BCUT2D eigenvalue weighted by Crippen LogP contribution is -1.94. The summed E-state index contributed by atoms with van der Waals surface area (Å²) in [7, 11) is 0. The predicted octanol–water partition coefficient (Wildman–Crippen LogP) is 5.45. The van der Waals surface area contributed by atoms with Crippen LogP contribution in [0.25, 0.3) is 27.7 Å². The van der Waals surface area contributed by atoms with Crippen molar-refractivity contribution in [3.05, 3.63) is 72.6 Å². The lowest BCUT2D eigenvalue weighted by molar-refractivity contribution is 0.965. The van der Waals surface area contributed by atoms with Crippen LogP contribution in [-0.2, 0) is 0 Å². The van der Waals surface area contributed by atoms with Crippen LogP contribution in [0.2, 0.25) is 0 Å². The molecule has 0 fully saturated rings. The molecule has 0 aliphatic carbocycles. The number of halogens is 1. The van der Waals surface area contributed by atoms with Crippen molar-refractivity contribution in [2.45, 2.75) is 12.3 Å². The van der Waals surface area contributed by atoms with Crippen molar-refractivity contribution in [2.24, 2.45) is 0 Å². The van der Waals surface area contributed by atoms with Crippen molar-refractivity contribution in [1.82, 2.24) is 9.38 Å². The summed E-state index contributed by atoms with van der Waals surface area (Å²) in [6, 6.07) is 20.8. The average Bonchev–Trinajstić information content (AvgIpc) is 2.94. The number of rotatable bonds is 2. The zero-order valence-electron chi connectivity index (χ0n) is 12.2. The fraction of sp³-hybridized carbons (Fsp3) is 0.105. The quantitative estimate of drug-likeness (QED) is 0.450. The molecule has 4 rings (SSSR count). The maximum Gasteiger partial charge on any atom is 0.137 e. The van der Waals surface area contributed by atoms with Gasteiger partial charge in [-0.2, -0.15) is 0 Å². The molecule has 0 saturated heterocycles. The molecular weight excluding hydrogens is 292 g/mol. The molecule has 22 heavy (non-hydrogen) atoms. The number of imidazole rings is 1. The fourth-order valence-electron chi connectivity index (χ4n) is 2.94. The summed E-state index contributed by atoms with van der Waals surface area (Å²) in [5.41, 5.74) is 4.02. The van der Waals surface area contributed by atoms with Gasteiger partial charge in [0.15, 0.2) is 0 Å². The van der Waals surface area contributed by atoms with Crippen LogP contribution in [0, 0.1) is 0 Å². The number of benzene rings is 2. The summed E-state index contributed by atoms with van der Waals surface area (Å²) < 4.78 is 2.07. The first-order valence-corrected chi connectivity index (χ1v) is 7.78. The van der Waals surface area contributed by atoms with E-state index in [1.54, 1.807) is 0 Å². The van der Waals surface area contributed by atoms with E-state index in [9.17, 15) is 0 Å². The Morgan fingerprint density at radius 2 is 1.73 bits per heavy atom. The molecule has 108 valence electrons. The normalized spacial score (nSPS) is 12.8. The van der Waals surface area contributed by atoms with Gasteiger partial charge in [0.1, 0.15) is 5.65 Å². The van der Waals surface area contributed by atoms with Crippen LogP contribution in [0.3, 0.4) is 0 Å². The van der Waals surface area contributed by atoms with E-state index in [2.05, 4.69) is 46.9 Å². The number of hydrogen-bond donors (Lipinski definition) is 0. The molecule has 0 bridgehead atoms. The minimum atomic E-state index is -0.112. The molecule has 0 amide bonds. The first-order valence-electron chi connectivity index (χ1n) is 7.34. The van der Waals surface area contributed by atoms with Crippen molar-refractivity contribution < 1.29 is 0 Å². The Bertz CT molecular complexity index is 969. The summed E-state index contributed by atoms with van der Waals surface area (Å²) in [6.45, 7) is 1.99. The van der Waals surface area contributed by atoms with Crippen LogP contribution in [0.5, 0.6) is 0 Å². The molecule has 0 saturated carbocycles. The van der Waals surface area contributed by atoms with Crippen molar-refractivity contribution in [3.63, 3.8) is 0 Å². The molecule has 2 aromatic heterocycles. The first-order chi connectivity index (χ1) is 10.7. The highest BCUT2D eigenvalue weighted by Crippen LogP contribution is 2.33. The van der Waals surface area contributed by atoms with Gasteiger partial charge < -0.3 is 4.40 Å². The van der Waals surface area contributed by atoms with Crippen molar-refractivity contribution in [3.8, 4) is 11.3 Å². The Labute approximate surface area is 134 Å². The topological polar surface area (TPSA) is 17.3 Å². The molecule has 1 atom stereocenters. The van der Waals surface area contributed by atoms with E-state index in [-0.39, 0.29) is 5.38 Å². The van der Waals surface area contributed by atoms with Crippen LogP contribution in [0.1, 0.15) is 18.0 Å². The lowest BCUT2D eigenvalue weighted by atomic mass is 10.0. The largest absolute Gasteiger partial charge is 0.302 e. The number of pyridine rings is 1. The summed E-state index contributed by atoms with van der Waals surface area (Å²) in [5, 5.41) is 2.33. The molecule has 0 aliphatic heterocycles. The van der Waals surface area contributed by atoms with Crippen LogP contribution < -0.4 is 0 Å². The SMILES string of the molecule is CC(Cl)c1c(-c2ccc3ccccc3c2)nc2ccccn12. The minimum Gasteiger partial charge on any atom is -0.302 e. The second kappa shape index (κ2) is 5.15. The number of fused-ring (bicyclic) bond motifs is 2. The molecule has 4 aromatic rings. The Morgan fingerprint density at radius 1 is 0.955 bits per heavy atom. The van der Waals surface area contributed by atoms with Crippen LogP contribution in [0.4, 0.5) is 0 Å². The molecule has 2 aromatic carbocycles. The minimum absolute atomic E-state index is 0.112. The summed E-state index contributed by atoms with van der Waals surface area (Å²) in [5.74, 6) is 0. The Hall–Kier alpha value is -2.32. The molecular formula is C19H15ClN2. The predicted molar refractivity (Wildman–Crippen MR) is 92.4 cm³/mol. The number of hydrogen-bond acceptors (Lipinski definition) is 1. The summed E-state index contributed by atoms with van der Waals surface area (Å²) in [4.78, 5) is 4.79. The molecule has 0 radical (unpaired) electrons. The first kappa shape index (κ1) is 13.4. The van der Waals surface area contributed by atoms with Gasteiger partial charge in [-0.25, -0.2) is 4.98 Å². The number of nitrogens with zero attached hydrogens (tertiary/aromatic N) is 2. The second-order valence-electron chi connectivity index (χ2n) is 5.45. The highest BCUT2D eigenvalue weighted by molar-refractivity contribution is 6.20. The van der Waals surface area contributed by atoms with Crippen molar-refractivity contribution >= 4 is 28.0 Å². The maximum atomic E-state index is 6.44. The number of aromatic nitrogens is 2. The number of alkyl halides is 1. The van der Waals surface area contributed by atoms with Gasteiger partial charge in [0.2, 0.25) is 0 Å². The van der Waals surface area contributed by atoms with Gasteiger partial charge in [-0.3, -0.25) is 0 Å². The van der Waals surface area contributed by atoms with Gasteiger partial charge in [-0.15, -0.1) is 11.6 Å². The van der Waals surface area contributed by atoms with Gasteiger partial charge >= 0.3 is 0 Å². The van der Waals surface area contributed by atoms with Gasteiger partial charge in [-0.1, -0.05) is 42.5 Å². The molecule has 1 unspecified atom stereocenters. The Balaban J connectivity index is 2.00. The van der Waals surface area contributed by atoms with Crippen molar-refractivity contribution in [1.29, 1.82) is 0 Å². The monoisotopic (exact) mass is 306 g/mol. The van der Waals surface area contributed by atoms with Crippen molar-refractivity contribution in [2.75, 3.05) is 0 Å². The highest BCUT2D eigenvalue weighted by atomic mass is 35.5. The highest BCUT2D eigenvalue weighted by Gasteiger charge is 2.17. The van der Waals surface area contributed by atoms with E-state index in [0.717, 1.165) is 22.6 Å². The standard InChI is InChI=1S/C19H15ClN2/c1-13(20)19-18(21-17-8-4-5-11-22(17)19)16-10-9-14-6-2-3-7-15(14)12-16/h2-13H,1H3. The Morgan fingerprint density at radius 3 is 2.55 bits per heavy atom. The van der Waals surface area contributed by atoms with E-state index >= 15 is 0 Å². The third kappa shape index (κ3) is 2.08. The van der Waals surface area contributed by atoms with Crippen LogP contribution >= 0.6 is 11.6 Å². The summed E-state index contributed by atoms with van der Waals surface area (Å²) >= 11 is 6.44. The van der Waals surface area contributed by atoms with E-state index in [0.29, 0.717) is 0 Å². The molecule has 2 heterocycles. The summed E-state index contributed by atoms with van der Waals surface area (Å²) in [6.07, 6.45) is 2.01. The van der Waals surface area contributed by atoms with Gasteiger partial charge in [0.05, 0.1) is 16.8 Å². The molecule has 3 heteroatoms. The second-order valence-corrected chi connectivity index (χ2v) is 6.11. The third-order valence-electron chi connectivity index (χ3n) is 3.97. The third-order valence-corrected chi connectivity index (χ3v) is 4.17. The van der Waals surface area contributed by atoms with Gasteiger partial charge in [0, 0.05) is 11.8 Å². The van der Waals surface area contributed by atoms with Gasteiger partial charge in [-0.05, 0) is 35.9 Å². The fourth-order valence-corrected chi connectivity index (χ4v) is 3.15. The zero-order valence-corrected chi connectivity index (χ0v) is 13.0. The molecule has 0 spiro atoms. The van der Waals surface area contributed by atoms with Crippen LogP contribution in [0.15, 0.2) is 66.9 Å². The van der Waals surface area contributed by atoms with E-state index in [1.807, 2.05) is 31.3 Å². The van der Waals surface area contributed by atoms with E-state index in [4.69, 9.17) is 16.6 Å². The van der Waals surface area contributed by atoms with Gasteiger partial charge in [0.25, 0.3) is 0 Å². The zero-order chi connectivity index (χ0) is 15.1.